The molecule has 0 spiro atoms. The van der Waals surface area contributed by atoms with Crippen LogP contribution in [0, 0.1) is 0 Å². The van der Waals surface area contributed by atoms with E-state index in [9.17, 15) is 9.59 Å². The van der Waals surface area contributed by atoms with Gasteiger partial charge in [0.15, 0.2) is 0 Å². The highest BCUT2D eigenvalue weighted by Gasteiger charge is 2.23. The van der Waals surface area contributed by atoms with Gasteiger partial charge in [-0.05, 0) is 30.0 Å². The summed E-state index contributed by atoms with van der Waals surface area (Å²) in [6.45, 7) is 3.38. The Bertz CT molecular complexity index is 479. The molecule has 104 valence electrons. The van der Waals surface area contributed by atoms with Crippen LogP contribution in [0.5, 0.6) is 0 Å². The quantitative estimate of drug-likeness (QED) is 0.765. The maximum Gasteiger partial charge on any atom is 0.339 e. The van der Waals surface area contributed by atoms with Gasteiger partial charge < -0.3 is 14.9 Å². The molecule has 0 radical (unpaired) electrons. The Morgan fingerprint density at radius 3 is 2.37 bits per heavy atom. The zero-order chi connectivity index (χ0) is 14.4. The third-order valence-corrected chi connectivity index (χ3v) is 2.90. The van der Waals surface area contributed by atoms with Crippen molar-refractivity contribution < 1.29 is 24.5 Å². The maximum absolute atomic E-state index is 12.0. The van der Waals surface area contributed by atoms with E-state index in [0.717, 1.165) is 5.56 Å². The van der Waals surface area contributed by atoms with Crippen LogP contribution >= 0.6 is 0 Å². The van der Waals surface area contributed by atoms with Gasteiger partial charge in [-0.1, -0.05) is 19.9 Å². The van der Waals surface area contributed by atoms with Gasteiger partial charge >= 0.3 is 11.9 Å². The van der Waals surface area contributed by atoms with Crippen molar-refractivity contribution in [1.29, 1.82) is 0 Å². The molecule has 1 aromatic carbocycles. The summed E-state index contributed by atoms with van der Waals surface area (Å²) in [6.07, 6.45) is 1.26. The van der Waals surface area contributed by atoms with E-state index >= 15 is 0 Å². The van der Waals surface area contributed by atoms with Crippen LogP contribution in [0.25, 0.3) is 0 Å². The molecule has 0 aliphatic rings. The molecule has 0 aliphatic heterocycles. The van der Waals surface area contributed by atoms with Gasteiger partial charge in [0.05, 0.1) is 17.7 Å². The number of carbonyl (C=O) groups excluding carboxylic acids is 1. The first-order valence-corrected chi connectivity index (χ1v) is 6.22. The third kappa shape index (κ3) is 3.32. The number of benzene rings is 1. The number of hydrogen-bond acceptors (Lipinski definition) is 4. The summed E-state index contributed by atoms with van der Waals surface area (Å²) in [4.78, 5) is 23.2. The number of aliphatic hydroxyl groups excluding tert-OH is 1. The summed E-state index contributed by atoms with van der Waals surface area (Å²) in [5.74, 6) is -1.85. The van der Waals surface area contributed by atoms with Crippen molar-refractivity contribution in [3.05, 3.63) is 34.4 Å². The molecule has 1 rings (SSSR count). The molecule has 0 aliphatic carbocycles. The molecule has 0 unspecified atom stereocenters. The molecule has 0 bridgehead atoms. The van der Waals surface area contributed by atoms with Gasteiger partial charge in [0.1, 0.15) is 6.61 Å². The van der Waals surface area contributed by atoms with E-state index in [0.29, 0.717) is 18.4 Å². The smallest absolute Gasteiger partial charge is 0.339 e. The fourth-order valence-electron chi connectivity index (χ4n) is 2.05. The molecule has 19 heavy (non-hydrogen) atoms. The topological polar surface area (TPSA) is 83.8 Å². The third-order valence-electron chi connectivity index (χ3n) is 2.90. The second kappa shape index (κ2) is 6.89. The molecule has 2 N–H and O–H groups in total. The summed E-state index contributed by atoms with van der Waals surface area (Å²) >= 11 is 0. The van der Waals surface area contributed by atoms with Crippen LogP contribution in [0.15, 0.2) is 12.1 Å². The summed E-state index contributed by atoms with van der Waals surface area (Å²) in [5.41, 5.74) is 1.67. The van der Waals surface area contributed by atoms with Crippen molar-refractivity contribution in [2.24, 2.45) is 0 Å². The minimum Gasteiger partial charge on any atom is -0.478 e. The first-order valence-electron chi connectivity index (χ1n) is 6.22. The molecule has 1 aromatic rings. The van der Waals surface area contributed by atoms with Crippen molar-refractivity contribution >= 4 is 11.9 Å². The number of ether oxygens (including phenoxy) is 1. The molecule has 0 amide bonds. The van der Waals surface area contributed by atoms with Crippen molar-refractivity contribution in [3.63, 3.8) is 0 Å². The van der Waals surface area contributed by atoms with Gasteiger partial charge in [0.25, 0.3) is 0 Å². The van der Waals surface area contributed by atoms with E-state index in [2.05, 4.69) is 0 Å². The Balaban J connectivity index is 3.36. The normalized spacial score (nSPS) is 10.3. The summed E-state index contributed by atoms with van der Waals surface area (Å²) < 4.78 is 4.86. The summed E-state index contributed by atoms with van der Waals surface area (Å²) in [5, 5.41) is 17.8. The number of aliphatic hydroxyl groups is 1. The van der Waals surface area contributed by atoms with E-state index in [1.54, 1.807) is 6.07 Å². The predicted octanol–water partition coefficient (Wildman–Crippen LogP) is 1.66. The van der Waals surface area contributed by atoms with Crippen molar-refractivity contribution in [1.82, 2.24) is 0 Å². The fraction of sp³-hybridized carbons (Fsp3) is 0.429. The van der Waals surface area contributed by atoms with E-state index < -0.39 is 11.9 Å². The number of hydrogen-bond donors (Lipinski definition) is 2. The first-order chi connectivity index (χ1) is 9.06. The Hall–Kier alpha value is -1.88. The largest absolute Gasteiger partial charge is 0.478 e. The molecule has 0 atom stereocenters. The Labute approximate surface area is 111 Å². The standard InChI is InChI=1S/C14H18O5/c1-3-9-5-6-11(13(16)17)12(10(9)4-2)14(18)19-8-7-15/h5-6,15H,3-4,7-8H2,1-2H3,(H,16,17). The number of carbonyl (C=O) groups is 2. The van der Waals surface area contributed by atoms with Crippen molar-refractivity contribution in [2.75, 3.05) is 13.2 Å². The number of carboxylic acids is 1. The van der Waals surface area contributed by atoms with Crippen LogP contribution in [0.4, 0.5) is 0 Å². The van der Waals surface area contributed by atoms with Gasteiger partial charge in [-0.3, -0.25) is 0 Å². The molecular weight excluding hydrogens is 248 g/mol. The zero-order valence-corrected chi connectivity index (χ0v) is 11.1. The van der Waals surface area contributed by atoms with Crippen LogP contribution in [-0.2, 0) is 17.6 Å². The van der Waals surface area contributed by atoms with Crippen LogP contribution in [0.1, 0.15) is 45.7 Å². The number of aromatic carboxylic acids is 1. The lowest BCUT2D eigenvalue weighted by molar-refractivity contribution is 0.0425. The fourth-order valence-corrected chi connectivity index (χ4v) is 2.05. The summed E-state index contributed by atoms with van der Waals surface area (Å²) in [6, 6.07) is 3.15. The van der Waals surface area contributed by atoms with Gasteiger partial charge in [0.2, 0.25) is 0 Å². The maximum atomic E-state index is 12.0. The molecule has 0 saturated carbocycles. The highest BCUT2D eigenvalue weighted by molar-refractivity contribution is 6.03. The van der Waals surface area contributed by atoms with Crippen molar-refractivity contribution in [3.8, 4) is 0 Å². The molecule has 5 nitrogen and oxygen atoms in total. The lowest BCUT2D eigenvalue weighted by Gasteiger charge is -2.14. The van der Waals surface area contributed by atoms with Gasteiger partial charge in [-0.25, -0.2) is 9.59 Å². The molecular formula is C14H18O5. The average molecular weight is 266 g/mol. The zero-order valence-electron chi connectivity index (χ0n) is 11.1. The Kier molecular flexibility index (Phi) is 5.51. The van der Waals surface area contributed by atoms with E-state index in [-0.39, 0.29) is 24.3 Å². The molecule has 0 fully saturated rings. The molecule has 0 heterocycles. The Morgan fingerprint density at radius 1 is 1.21 bits per heavy atom. The minimum atomic E-state index is -1.16. The van der Waals surface area contributed by atoms with E-state index in [4.69, 9.17) is 14.9 Å². The van der Waals surface area contributed by atoms with Gasteiger partial charge in [-0.2, -0.15) is 0 Å². The molecule has 0 saturated heterocycles. The first kappa shape index (κ1) is 15.2. The average Bonchev–Trinajstić information content (AvgIpc) is 2.42. The number of esters is 1. The lowest BCUT2D eigenvalue weighted by atomic mass is 9.93. The number of aryl methyl sites for hydroxylation is 1. The lowest BCUT2D eigenvalue weighted by Crippen LogP contribution is -2.17. The van der Waals surface area contributed by atoms with E-state index in [1.165, 1.54) is 6.07 Å². The molecule has 0 aromatic heterocycles. The van der Waals surface area contributed by atoms with Crippen LogP contribution in [-0.4, -0.2) is 35.4 Å². The van der Waals surface area contributed by atoms with Crippen LogP contribution < -0.4 is 0 Å². The van der Waals surface area contributed by atoms with Gasteiger partial charge in [0, 0.05) is 0 Å². The van der Waals surface area contributed by atoms with Crippen molar-refractivity contribution in [2.45, 2.75) is 26.7 Å². The summed E-state index contributed by atoms with van der Waals surface area (Å²) in [7, 11) is 0. The SMILES string of the molecule is CCc1ccc(C(=O)O)c(C(=O)OCCO)c1CC. The molecule has 5 heteroatoms. The Morgan fingerprint density at radius 2 is 1.89 bits per heavy atom. The van der Waals surface area contributed by atoms with Crippen LogP contribution in [0.3, 0.4) is 0 Å². The second-order valence-electron chi connectivity index (χ2n) is 4.00. The number of carboxylic acid groups (broad SMARTS) is 1. The van der Waals surface area contributed by atoms with E-state index in [1.807, 2.05) is 13.8 Å². The second-order valence-corrected chi connectivity index (χ2v) is 4.00. The van der Waals surface area contributed by atoms with Crippen LogP contribution in [0.2, 0.25) is 0 Å². The predicted molar refractivity (Wildman–Crippen MR) is 69.5 cm³/mol. The number of rotatable bonds is 6. The van der Waals surface area contributed by atoms with Gasteiger partial charge in [-0.15, -0.1) is 0 Å². The highest BCUT2D eigenvalue weighted by Crippen LogP contribution is 2.22. The minimum absolute atomic E-state index is 0.0583. The monoisotopic (exact) mass is 266 g/mol. The highest BCUT2D eigenvalue weighted by atomic mass is 16.5.